The summed E-state index contributed by atoms with van der Waals surface area (Å²) in [4.78, 5) is 2.40. The van der Waals surface area contributed by atoms with Gasteiger partial charge in [0.2, 0.25) is 10.0 Å². The summed E-state index contributed by atoms with van der Waals surface area (Å²) in [6.07, 6.45) is 8.25. The van der Waals surface area contributed by atoms with E-state index in [1.165, 1.54) is 5.69 Å². The van der Waals surface area contributed by atoms with E-state index in [0.717, 1.165) is 49.9 Å². The lowest BCUT2D eigenvalue weighted by Gasteiger charge is -2.34. The van der Waals surface area contributed by atoms with E-state index in [1.54, 1.807) is 17.0 Å². The molecule has 1 aromatic heterocycles. The van der Waals surface area contributed by atoms with Gasteiger partial charge in [-0.2, -0.15) is 4.31 Å². The Morgan fingerprint density at radius 3 is 2.21 bits per heavy atom. The second kappa shape index (κ2) is 9.65. The van der Waals surface area contributed by atoms with E-state index in [4.69, 9.17) is 0 Å². The zero-order chi connectivity index (χ0) is 22.7. The molecule has 5 rings (SSSR count). The van der Waals surface area contributed by atoms with Crippen molar-refractivity contribution in [1.82, 2.24) is 19.1 Å². The summed E-state index contributed by atoms with van der Waals surface area (Å²) >= 11 is 0. The summed E-state index contributed by atoms with van der Waals surface area (Å²) < 4.78 is 30.8. The molecule has 33 heavy (non-hydrogen) atoms. The van der Waals surface area contributed by atoms with Crippen molar-refractivity contribution in [3.8, 4) is 0 Å². The molecular weight excluding hydrogens is 434 g/mol. The van der Waals surface area contributed by atoms with Gasteiger partial charge in [-0.25, -0.2) is 8.42 Å². The Labute approximate surface area is 196 Å². The highest BCUT2D eigenvalue weighted by Crippen LogP contribution is 2.34. The van der Waals surface area contributed by atoms with Crippen molar-refractivity contribution in [1.29, 1.82) is 0 Å². The molecule has 2 aliphatic heterocycles. The van der Waals surface area contributed by atoms with Crippen molar-refractivity contribution in [3.63, 3.8) is 0 Å². The average Bonchev–Trinajstić information content (AvgIpc) is 3.34. The summed E-state index contributed by atoms with van der Waals surface area (Å²) in [5, 5.41) is 7.39. The van der Waals surface area contributed by atoms with Gasteiger partial charge in [-0.05, 0) is 48.9 Å². The van der Waals surface area contributed by atoms with Crippen LogP contribution in [0.2, 0.25) is 0 Å². The summed E-state index contributed by atoms with van der Waals surface area (Å²) in [6.45, 7) is 2.99. The first-order chi connectivity index (χ1) is 16.1. The van der Waals surface area contributed by atoms with E-state index in [1.807, 2.05) is 30.3 Å². The van der Waals surface area contributed by atoms with Crippen molar-refractivity contribution in [3.05, 3.63) is 78.4 Å². The molecule has 2 aliphatic rings. The summed E-state index contributed by atoms with van der Waals surface area (Å²) in [7, 11) is -3.40. The van der Waals surface area contributed by atoms with Crippen molar-refractivity contribution in [2.75, 3.05) is 24.5 Å². The zero-order valence-corrected chi connectivity index (χ0v) is 19.6. The van der Waals surface area contributed by atoms with Crippen LogP contribution >= 0.6 is 0 Å². The molecule has 0 saturated carbocycles. The monoisotopic (exact) mass is 465 g/mol. The molecule has 2 aromatic carbocycles. The highest BCUT2D eigenvalue weighted by molar-refractivity contribution is 7.89. The van der Waals surface area contributed by atoms with Crippen LogP contribution < -0.4 is 4.90 Å². The van der Waals surface area contributed by atoms with Gasteiger partial charge in [-0.1, -0.05) is 48.9 Å². The molecule has 1 unspecified atom stereocenters. The van der Waals surface area contributed by atoms with Gasteiger partial charge < -0.3 is 9.47 Å². The van der Waals surface area contributed by atoms with Gasteiger partial charge in [-0.3, -0.25) is 0 Å². The Balaban J connectivity index is 1.25. The van der Waals surface area contributed by atoms with Gasteiger partial charge in [0, 0.05) is 37.9 Å². The van der Waals surface area contributed by atoms with E-state index >= 15 is 0 Å². The van der Waals surface area contributed by atoms with E-state index in [-0.39, 0.29) is 0 Å². The second-order valence-corrected chi connectivity index (χ2v) is 11.2. The lowest BCUT2D eigenvalue weighted by Crippen LogP contribution is -2.34. The number of sulfonamides is 1. The fraction of sp³-hybridized carbons (Fsp3) is 0.440. The van der Waals surface area contributed by atoms with E-state index in [0.29, 0.717) is 25.6 Å². The van der Waals surface area contributed by atoms with Crippen molar-refractivity contribution in [2.24, 2.45) is 0 Å². The number of piperidine rings is 1. The largest absolute Gasteiger partial charge is 0.371 e. The maximum absolute atomic E-state index is 13.5. The first kappa shape index (κ1) is 22.1. The maximum Gasteiger partial charge on any atom is 0.221 e. The SMILES string of the molecule is O=S1(=O)C(c2ccccc2)CCCCN1Cc1ccc(N2CCC(n3cnnc3)CC2)cc1. The number of anilines is 1. The molecule has 2 fully saturated rings. The molecule has 0 bridgehead atoms. The van der Waals surface area contributed by atoms with Crippen LogP contribution in [-0.4, -0.2) is 47.1 Å². The summed E-state index contributed by atoms with van der Waals surface area (Å²) in [5.41, 5.74) is 3.13. The Bertz CT molecular complexity index is 1130. The Morgan fingerprint density at radius 1 is 0.818 bits per heavy atom. The first-order valence-corrected chi connectivity index (χ1v) is 13.3. The maximum atomic E-state index is 13.5. The van der Waals surface area contributed by atoms with E-state index < -0.39 is 15.3 Å². The second-order valence-electron chi connectivity index (χ2n) is 9.07. The van der Waals surface area contributed by atoms with Crippen molar-refractivity contribution < 1.29 is 8.42 Å². The molecule has 2 saturated heterocycles. The standard InChI is InChI=1S/C25H31N5O2S/c31-33(32)25(22-6-2-1-3-7-22)8-4-5-15-30(33)18-21-9-11-23(12-10-21)28-16-13-24(14-17-28)29-19-26-27-20-29/h1-3,6-7,9-12,19-20,24-25H,4-5,8,13-18H2. The molecular formula is C25H31N5O2S. The van der Waals surface area contributed by atoms with E-state index in [9.17, 15) is 8.42 Å². The fourth-order valence-electron chi connectivity index (χ4n) is 5.08. The van der Waals surface area contributed by atoms with Crippen LogP contribution in [0.4, 0.5) is 5.69 Å². The number of benzene rings is 2. The lowest BCUT2D eigenvalue weighted by atomic mass is 10.0. The molecule has 8 heteroatoms. The fourth-order valence-corrected chi connectivity index (χ4v) is 7.12. The van der Waals surface area contributed by atoms with Crippen LogP contribution in [0.3, 0.4) is 0 Å². The molecule has 174 valence electrons. The molecule has 0 aliphatic carbocycles. The van der Waals surface area contributed by atoms with Gasteiger partial charge in [0.15, 0.2) is 0 Å². The molecule has 7 nitrogen and oxygen atoms in total. The molecule has 0 radical (unpaired) electrons. The highest BCUT2D eigenvalue weighted by Gasteiger charge is 2.35. The van der Waals surface area contributed by atoms with Crippen LogP contribution in [0.15, 0.2) is 67.3 Å². The van der Waals surface area contributed by atoms with Gasteiger partial charge in [-0.15, -0.1) is 10.2 Å². The van der Waals surface area contributed by atoms with Crippen LogP contribution in [-0.2, 0) is 16.6 Å². The van der Waals surface area contributed by atoms with E-state index in [2.05, 4.69) is 43.9 Å². The van der Waals surface area contributed by atoms with Crippen molar-refractivity contribution >= 4 is 15.7 Å². The van der Waals surface area contributed by atoms with Crippen LogP contribution in [0.25, 0.3) is 0 Å². The lowest BCUT2D eigenvalue weighted by molar-refractivity contribution is 0.395. The number of rotatable bonds is 5. The number of nitrogens with zero attached hydrogens (tertiary/aromatic N) is 5. The van der Waals surface area contributed by atoms with Gasteiger partial charge in [0.05, 0.1) is 0 Å². The van der Waals surface area contributed by atoms with Crippen LogP contribution in [0, 0.1) is 0 Å². The van der Waals surface area contributed by atoms with Crippen LogP contribution in [0.5, 0.6) is 0 Å². The molecule has 0 spiro atoms. The predicted octanol–water partition coefficient (Wildman–Crippen LogP) is 4.18. The van der Waals surface area contributed by atoms with Gasteiger partial charge >= 0.3 is 0 Å². The molecule has 0 amide bonds. The smallest absolute Gasteiger partial charge is 0.221 e. The minimum Gasteiger partial charge on any atom is -0.371 e. The Hall–Kier alpha value is -2.71. The normalized spacial score (nSPS) is 22.2. The number of aromatic nitrogens is 3. The summed E-state index contributed by atoms with van der Waals surface area (Å²) in [5.74, 6) is 0. The third-order valence-corrected chi connectivity index (χ3v) is 9.26. The van der Waals surface area contributed by atoms with Crippen molar-refractivity contribution in [2.45, 2.75) is 49.9 Å². The third-order valence-electron chi connectivity index (χ3n) is 7.00. The average molecular weight is 466 g/mol. The molecule has 1 atom stereocenters. The summed E-state index contributed by atoms with van der Waals surface area (Å²) in [6, 6.07) is 18.5. The highest BCUT2D eigenvalue weighted by atomic mass is 32.2. The van der Waals surface area contributed by atoms with Gasteiger partial charge in [0.1, 0.15) is 17.9 Å². The first-order valence-electron chi connectivity index (χ1n) is 11.8. The number of hydrogen-bond donors (Lipinski definition) is 0. The van der Waals surface area contributed by atoms with Crippen LogP contribution in [0.1, 0.15) is 54.5 Å². The third kappa shape index (κ3) is 4.82. The topological polar surface area (TPSA) is 71.3 Å². The molecule has 3 aromatic rings. The van der Waals surface area contributed by atoms with Gasteiger partial charge in [0.25, 0.3) is 0 Å². The minimum absolute atomic E-state index is 0.432. The Kier molecular flexibility index (Phi) is 6.46. The number of hydrogen-bond acceptors (Lipinski definition) is 5. The zero-order valence-electron chi connectivity index (χ0n) is 18.8. The predicted molar refractivity (Wildman–Crippen MR) is 129 cm³/mol. The molecule has 3 heterocycles. The minimum atomic E-state index is -3.40. The quantitative estimate of drug-likeness (QED) is 0.565. The molecule has 0 N–H and O–H groups in total. The Morgan fingerprint density at radius 2 is 1.52 bits per heavy atom.